The van der Waals surface area contributed by atoms with Gasteiger partial charge in [-0.1, -0.05) is 22.0 Å². The van der Waals surface area contributed by atoms with Gasteiger partial charge < -0.3 is 10.1 Å². The highest BCUT2D eigenvalue weighted by Gasteiger charge is 2.17. The quantitative estimate of drug-likeness (QED) is 0.868. The molecule has 17 heavy (non-hydrogen) atoms. The van der Waals surface area contributed by atoms with Crippen molar-refractivity contribution < 1.29 is 5.11 Å². The second kappa shape index (κ2) is 4.67. The lowest BCUT2D eigenvalue weighted by atomic mass is 9.99. The van der Waals surface area contributed by atoms with Gasteiger partial charge in [-0.2, -0.15) is 0 Å². The molecule has 2 aromatic rings. The van der Waals surface area contributed by atoms with Crippen molar-refractivity contribution in [3.05, 3.63) is 56.8 Å². The molecule has 1 heterocycles. The van der Waals surface area contributed by atoms with E-state index in [4.69, 9.17) is 0 Å². The lowest BCUT2D eigenvalue weighted by Crippen LogP contribution is -2.04. The Labute approximate surface area is 110 Å². The highest BCUT2D eigenvalue weighted by Crippen LogP contribution is 2.28. The Morgan fingerprint density at radius 3 is 2.41 bits per heavy atom. The number of aromatic amines is 1. The first-order valence-electron chi connectivity index (χ1n) is 5.59. The number of aryl methyl sites for hydroxylation is 2. The topological polar surface area (TPSA) is 36.0 Å². The smallest absolute Gasteiger partial charge is 0.119 e. The van der Waals surface area contributed by atoms with Crippen LogP contribution in [0.25, 0.3) is 0 Å². The molecule has 2 N–H and O–H groups in total. The zero-order valence-electron chi connectivity index (χ0n) is 10.2. The molecule has 0 aliphatic heterocycles. The van der Waals surface area contributed by atoms with E-state index in [1.807, 2.05) is 45.2 Å². The Balaban J connectivity index is 2.43. The van der Waals surface area contributed by atoms with Crippen LogP contribution >= 0.6 is 15.9 Å². The number of benzene rings is 1. The Bertz CT molecular complexity index is 545. The van der Waals surface area contributed by atoms with E-state index < -0.39 is 6.10 Å². The van der Waals surface area contributed by atoms with Gasteiger partial charge in [-0.15, -0.1) is 0 Å². The summed E-state index contributed by atoms with van der Waals surface area (Å²) in [7, 11) is 0. The van der Waals surface area contributed by atoms with E-state index in [1.165, 1.54) is 5.56 Å². The monoisotopic (exact) mass is 293 g/mol. The molecule has 0 fully saturated rings. The number of H-pyrrole nitrogens is 1. The number of hydrogen-bond donors (Lipinski definition) is 2. The number of nitrogens with one attached hydrogen (secondary N) is 1. The molecule has 0 saturated heterocycles. The van der Waals surface area contributed by atoms with E-state index in [1.54, 1.807) is 0 Å². The summed E-state index contributed by atoms with van der Waals surface area (Å²) < 4.78 is 1.03. The van der Waals surface area contributed by atoms with Gasteiger partial charge in [0.15, 0.2) is 0 Å². The standard InChI is InChI=1S/C14H16BrNO/c1-8-6-11(15)4-5-12(8)14(17)13-10(3)9(2)7-16-13/h4-7,14,16-17H,1-3H3. The third-order valence-corrected chi connectivity index (χ3v) is 3.73. The maximum absolute atomic E-state index is 10.4. The molecule has 1 atom stereocenters. The molecule has 0 aliphatic rings. The molecule has 0 saturated carbocycles. The number of aliphatic hydroxyl groups excluding tert-OH is 1. The Morgan fingerprint density at radius 2 is 1.88 bits per heavy atom. The summed E-state index contributed by atoms with van der Waals surface area (Å²) in [6, 6.07) is 5.93. The average molecular weight is 294 g/mol. The van der Waals surface area contributed by atoms with Crippen LogP contribution in [0.15, 0.2) is 28.9 Å². The minimum absolute atomic E-state index is 0.586. The van der Waals surface area contributed by atoms with Gasteiger partial charge in [0.2, 0.25) is 0 Å². The molecule has 2 nitrogen and oxygen atoms in total. The molecule has 90 valence electrons. The molecule has 0 bridgehead atoms. The predicted octanol–water partition coefficient (Wildman–Crippen LogP) is 3.78. The first kappa shape index (κ1) is 12.4. The molecule has 1 unspecified atom stereocenters. The molecular formula is C14H16BrNO. The van der Waals surface area contributed by atoms with Crippen molar-refractivity contribution in [2.45, 2.75) is 26.9 Å². The molecular weight excluding hydrogens is 278 g/mol. The van der Waals surface area contributed by atoms with Gasteiger partial charge in [-0.25, -0.2) is 0 Å². The Hall–Kier alpha value is -1.06. The van der Waals surface area contributed by atoms with E-state index in [2.05, 4.69) is 20.9 Å². The van der Waals surface area contributed by atoms with Crippen molar-refractivity contribution in [2.75, 3.05) is 0 Å². The summed E-state index contributed by atoms with van der Waals surface area (Å²) in [5.41, 5.74) is 5.21. The molecule has 0 aliphatic carbocycles. The van der Waals surface area contributed by atoms with Crippen LogP contribution in [-0.4, -0.2) is 10.1 Å². The Morgan fingerprint density at radius 1 is 1.18 bits per heavy atom. The van der Waals surface area contributed by atoms with Crippen LogP contribution in [0, 0.1) is 20.8 Å². The third kappa shape index (κ3) is 2.31. The lowest BCUT2D eigenvalue weighted by Gasteiger charge is -2.14. The second-order valence-corrected chi connectivity index (χ2v) is 5.33. The fourth-order valence-corrected chi connectivity index (χ4v) is 2.48. The van der Waals surface area contributed by atoms with Crippen LogP contribution < -0.4 is 0 Å². The molecule has 0 spiro atoms. The fourth-order valence-electron chi connectivity index (χ4n) is 2.00. The molecule has 0 radical (unpaired) electrons. The van der Waals surface area contributed by atoms with Crippen LogP contribution in [0.1, 0.15) is 34.1 Å². The van der Waals surface area contributed by atoms with Gasteiger partial charge in [0, 0.05) is 10.7 Å². The molecule has 2 rings (SSSR count). The van der Waals surface area contributed by atoms with Crippen LogP contribution in [0.4, 0.5) is 0 Å². The zero-order chi connectivity index (χ0) is 12.6. The van der Waals surface area contributed by atoms with Crippen molar-refractivity contribution in [1.29, 1.82) is 0 Å². The number of rotatable bonds is 2. The van der Waals surface area contributed by atoms with E-state index >= 15 is 0 Å². The van der Waals surface area contributed by atoms with Crippen LogP contribution in [-0.2, 0) is 0 Å². The lowest BCUT2D eigenvalue weighted by molar-refractivity contribution is 0.214. The Kier molecular flexibility index (Phi) is 3.40. The minimum atomic E-state index is -0.586. The summed E-state index contributed by atoms with van der Waals surface area (Å²) in [6.45, 7) is 6.07. The number of aliphatic hydroxyl groups is 1. The summed E-state index contributed by atoms with van der Waals surface area (Å²) in [4.78, 5) is 3.15. The number of aromatic nitrogens is 1. The largest absolute Gasteiger partial charge is 0.382 e. The molecule has 1 aromatic carbocycles. The van der Waals surface area contributed by atoms with Crippen molar-refractivity contribution in [1.82, 2.24) is 4.98 Å². The van der Waals surface area contributed by atoms with E-state index in [-0.39, 0.29) is 0 Å². The van der Waals surface area contributed by atoms with Gasteiger partial charge >= 0.3 is 0 Å². The highest BCUT2D eigenvalue weighted by atomic mass is 79.9. The van der Waals surface area contributed by atoms with E-state index in [0.717, 1.165) is 26.9 Å². The molecule has 1 aromatic heterocycles. The third-order valence-electron chi connectivity index (χ3n) is 3.24. The van der Waals surface area contributed by atoms with Crippen molar-refractivity contribution in [2.24, 2.45) is 0 Å². The summed E-state index contributed by atoms with van der Waals surface area (Å²) in [5, 5.41) is 10.4. The van der Waals surface area contributed by atoms with Crippen molar-refractivity contribution in [3.63, 3.8) is 0 Å². The van der Waals surface area contributed by atoms with Crippen LogP contribution in [0.3, 0.4) is 0 Å². The molecule has 0 amide bonds. The zero-order valence-corrected chi connectivity index (χ0v) is 11.8. The summed E-state index contributed by atoms with van der Waals surface area (Å²) >= 11 is 3.43. The number of halogens is 1. The minimum Gasteiger partial charge on any atom is -0.382 e. The SMILES string of the molecule is Cc1cc(Br)ccc1C(O)c1[nH]cc(C)c1C. The first-order chi connectivity index (χ1) is 8.00. The first-order valence-corrected chi connectivity index (χ1v) is 6.38. The molecule has 3 heteroatoms. The van der Waals surface area contributed by atoms with Gasteiger partial charge in [-0.3, -0.25) is 0 Å². The normalized spacial score (nSPS) is 12.8. The predicted molar refractivity (Wildman–Crippen MR) is 73.2 cm³/mol. The second-order valence-electron chi connectivity index (χ2n) is 4.41. The van der Waals surface area contributed by atoms with Gasteiger partial charge in [0.25, 0.3) is 0 Å². The van der Waals surface area contributed by atoms with Gasteiger partial charge in [0.1, 0.15) is 6.10 Å². The van der Waals surface area contributed by atoms with Crippen LogP contribution in [0.2, 0.25) is 0 Å². The highest BCUT2D eigenvalue weighted by molar-refractivity contribution is 9.10. The van der Waals surface area contributed by atoms with Crippen molar-refractivity contribution in [3.8, 4) is 0 Å². The number of hydrogen-bond acceptors (Lipinski definition) is 1. The van der Waals surface area contributed by atoms with Crippen molar-refractivity contribution >= 4 is 15.9 Å². The van der Waals surface area contributed by atoms with Gasteiger partial charge in [-0.05, 0) is 55.2 Å². The maximum Gasteiger partial charge on any atom is 0.119 e. The summed E-state index contributed by atoms with van der Waals surface area (Å²) in [5.74, 6) is 0. The average Bonchev–Trinajstić information content (AvgIpc) is 2.59. The van der Waals surface area contributed by atoms with E-state index in [9.17, 15) is 5.11 Å². The van der Waals surface area contributed by atoms with Crippen LogP contribution in [0.5, 0.6) is 0 Å². The van der Waals surface area contributed by atoms with Gasteiger partial charge in [0.05, 0.1) is 5.69 Å². The fraction of sp³-hybridized carbons (Fsp3) is 0.286. The maximum atomic E-state index is 10.4. The van der Waals surface area contributed by atoms with E-state index in [0.29, 0.717) is 0 Å². The summed E-state index contributed by atoms with van der Waals surface area (Å²) in [6.07, 6.45) is 1.35.